The molecule has 0 radical (unpaired) electrons. The van der Waals surface area contributed by atoms with Gasteiger partial charge < -0.3 is 15.1 Å². The summed E-state index contributed by atoms with van der Waals surface area (Å²) in [6.07, 6.45) is 0. The lowest BCUT2D eigenvalue weighted by Crippen LogP contribution is -2.44. The van der Waals surface area contributed by atoms with Gasteiger partial charge in [-0.05, 0) is 42.9 Å². The van der Waals surface area contributed by atoms with Crippen LogP contribution < -0.4 is 15.5 Å². The number of carbonyl (C=O) groups excluding carboxylic acids is 1. The number of rotatable bonds is 4. The van der Waals surface area contributed by atoms with Crippen LogP contribution in [-0.4, -0.2) is 44.0 Å². The number of likely N-dealkylation sites (N-methyl/N-ethyl adjacent to an activating group) is 1. The number of hydrogen-bond acceptors (Lipinski definition) is 5. The molecule has 1 atom stereocenters. The molecule has 2 aromatic carbocycles. The maximum absolute atomic E-state index is 12.3. The van der Waals surface area contributed by atoms with Gasteiger partial charge in [0.2, 0.25) is 5.91 Å². The van der Waals surface area contributed by atoms with Crippen molar-refractivity contribution >= 4 is 17.3 Å². The molecular weight excluding hydrogens is 338 g/mol. The summed E-state index contributed by atoms with van der Waals surface area (Å²) >= 11 is 0. The van der Waals surface area contributed by atoms with Crippen LogP contribution in [0.5, 0.6) is 0 Å². The van der Waals surface area contributed by atoms with Crippen molar-refractivity contribution < 1.29 is 4.79 Å². The van der Waals surface area contributed by atoms with E-state index in [4.69, 9.17) is 5.26 Å². The van der Waals surface area contributed by atoms with E-state index >= 15 is 0 Å². The summed E-state index contributed by atoms with van der Waals surface area (Å²) < 4.78 is 0. The van der Waals surface area contributed by atoms with E-state index in [2.05, 4.69) is 57.8 Å². The van der Waals surface area contributed by atoms with Crippen LogP contribution in [0.15, 0.2) is 42.5 Å². The van der Waals surface area contributed by atoms with Crippen molar-refractivity contribution in [3.63, 3.8) is 0 Å². The van der Waals surface area contributed by atoms with Gasteiger partial charge in [0, 0.05) is 49.7 Å². The Labute approximate surface area is 159 Å². The molecule has 0 saturated carbocycles. The van der Waals surface area contributed by atoms with Crippen LogP contribution in [0.1, 0.15) is 22.7 Å². The van der Waals surface area contributed by atoms with Crippen molar-refractivity contribution in [2.75, 3.05) is 43.4 Å². The van der Waals surface area contributed by atoms with Gasteiger partial charge in [0.15, 0.2) is 0 Å². The zero-order valence-corrected chi connectivity index (χ0v) is 15.4. The minimum absolute atomic E-state index is 0.0749. The quantitative estimate of drug-likeness (QED) is 0.873. The number of nitrogens with zero attached hydrogens (tertiary/aromatic N) is 3. The number of benzene rings is 2. The van der Waals surface area contributed by atoms with Crippen molar-refractivity contribution in [1.82, 2.24) is 10.2 Å². The van der Waals surface area contributed by atoms with Gasteiger partial charge in [-0.1, -0.05) is 12.1 Å². The van der Waals surface area contributed by atoms with Crippen LogP contribution in [-0.2, 0) is 11.3 Å². The van der Waals surface area contributed by atoms with Gasteiger partial charge in [-0.2, -0.15) is 5.26 Å². The summed E-state index contributed by atoms with van der Waals surface area (Å²) in [6, 6.07) is 15.5. The first kappa shape index (κ1) is 17.5. The lowest BCUT2D eigenvalue weighted by atomic mass is 10.0. The minimum atomic E-state index is -0.425. The van der Waals surface area contributed by atoms with E-state index in [0.29, 0.717) is 12.1 Å². The van der Waals surface area contributed by atoms with Gasteiger partial charge in [0.25, 0.3) is 0 Å². The third-order valence-corrected chi connectivity index (χ3v) is 5.33. The van der Waals surface area contributed by atoms with Crippen LogP contribution in [0.2, 0.25) is 0 Å². The monoisotopic (exact) mass is 361 g/mol. The summed E-state index contributed by atoms with van der Waals surface area (Å²) in [6.45, 7) is 4.87. The number of piperazine rings is 1. The van der Waals surface area contributed by atoms with Crippen LogP contribution in [0, 0.1) is 11.3 Å². The average Bonchev–Trinajstić information content (AvgIpc) is 3.01. The SMILES string of the molecule is CN1CCN(c2ccc(CNC3C(=O)Nc4ccc(C#N)cc43)cc2)CC1. The molecule has 0 bridgehead atoms. The number of amides is 1. The predicted octanol–water partition coefficient (Wildman–Crippen LogP) is 2.09. The topological polar surface area (TPSA) is 71.4 Å². The molecule has 2 N–H and O–H groups in total. The van der Waals surface area contributed by atoms with E-state index in [9.17, 15) is 4.79 Å². The molecule has 0 spiro atoms. The van der Waals surface area contributed by atoms with Gasteiger partial charge in [-0.15, -0.1) is 0 Å². The van der Waals surface area contributed by atoms with E-state index in [1.54, 1.807) is 18.2 Å². The summed E-state index contributed by atoms with van der Waals surface area (Å²) in [7, 11) is 2.16. The molecule has 2 aromatic rings. The minimum Gasteiger partial charge on any atom is -0.369 e. The summed E-state index contributed by atoms with van der Waals surface area (Å²) in [4.78, 5) is 17.0. The molecule has 138 valence electrons. The van der Waals surface area contributed by atoms with Gasteiger partial charge >= 0.3 is 0 Å². The highest BCUT2D eigenvalue weighted by Crippen LogP contribution is 2.31. The molecule has 2 aliphatic heterocycles. The number of nitriles is 1. The Morgan fingerprint density at radius 1 is 1.15 bits per heavy atom. The number of carbonyl (C=O) groups is 1. The highest BCUT2D eigenvalue weighted by atomic mass is 16.2. The average molecular weight is 361 g/mol. The number of anilines is 2. The summed E-state index contributed by atoms with van der Waals surface area (Å²) in [5.41, 5.74) is 4.56. The summed E-state index contributed by atoms with van der Waals surface area (Å²) in [5.74, 6) is -0.0749. The van der Waals surface area contributed by atoms with Gasteiger partial charge in [0.05, 0.1) is 11.6 Å². The largest absolute Gasteiger partial charge is 0.369 e. The van der Waals surface area contributed by atoms with Crippen molar-refractivity contribution in [3.8, 4) is 6.07 Å². The molecule has 2 aliphatic rings. The Kier molecular flexibility index (Phi) is 4.80. The fourth-order valence-electron chi connectivity index (χ4n) is 3.64. The Balaban J connectivity index is 1.41. The Morgan fingerprint density at radius 3 is 2.59 bits per heavy atom. The second-order valence-corrected chi connectivity index (χ2v) is 7.17. The lowest BCUT2D eigenvalue weighted by molar-refractivity contribution is -0.117. The predicted molar refractivity (Wildman–Crippen MR) is 106 cm³/mol. The van der Waals surface area contributed by atoms with E-state index < -0.39 is 6.04 Å². The molecule has 1 amide bonds. The first-order valence-corrected chi connectivity index (χ1v) is 9.25. The van der Waals surface area contributed by atoms with Gasteiger partial charge in [0.1, 0.15) is 6.04 Å². The third-order valence-electron chi connectivity index (χ3n) is 5.33. The Morgan fingerprint density at radius 2 is 1.89 bits per heavy atom. The normalized spacial score (nSPS) is 19.5. The van der Waals surface area contributed by atoms with E-state index in [0.717, 1.165) is 43.0 Å². The maximum atomic E-state index is 12.3. The maximum Gasteiger partial charge on any atom is 0.246 e. The van der Waals surface area contributed by atoms with Crippen LogP contribution in [0.25, 0.3) is 0 Å². The highest BCUT2D eigenvalue weighted by Gasteiger charge is 2.30. The first-order chi connectivity index (χ1) is 13.1. The first-order valence-electron chi connectivity index (χ1n) is 9.25. The Bertz CT molecular complexity index is 878. The van der Waals surface area contributed by atoms with Gasteiger partial charge in [-0.3, -0.25) is 10.1 Å². The van der Waals surface area contributed by atoms with E-state index in [1.165, 1.54) is 5.69 Å². The molecule has 6 nitrogen and oxygen atoms in total. The molecule has 6 heteroatoms. The highest BCUT2D eigenvalue weighted by molar-refractivity contribution is 6.02. The second-order valence-electron chi connectivity index (χ2n) is 7.17. The molecular formula is C21H23N5O. The smallest absolute Gasteiger partial charge is 0.246 e. The third kappa shape index (κ3) is 3.65. The van der Waals surface area contributed by atoms with Crippen molar-refractivity contribution in [2.45, 2.75) is 12.6 Å². The number of hydrogen-bond donors (Lipinski definition) is 2. The standard InChI is InChI=1S/C21H23N5O/c1-25-8-10-26(11-9-25)17-5-2-15(3-6-17)14-23-20-18-12-16(13-22)4-7-19(18)24-21(20)27/h2-7,12,20,23H,8-11,14H2,1H3,(H,24,27). The zero-order valence-electron chi connectivity index (χ0n) is 15.4. The van der Waals surface area contributed by atoms with Crippen LogP contribution in [0.3, 0.4) is 0 Å². The van der Waals surface area contributed by atoms with E-state index in [1.807, 2.05) is 0 Å². The second kappa shape index (κ2) is 7.39. The number of nitrogens with one attached hydrogen (secondary N) is 2. The number of fused-ring (bicyclic) bond motifs is 1. The van der Waals surface area contributed by atoms with Crippen molar-refractivity contribution in [1.29, 1.82) is 5.26 Å². The molecule has 27 heavy (non-hydrogen) atoms. The van der Waals surface area contributed by atoms with Crippen molar-refractivity contribution in [3.05, 3.63) is 59.2 Å². The zero-order chi connectivity index (χ0) is 18.8. The van der Waals surface area contributed by atoms with Crippen molar-refractivity contribution in [2.24, 2.45) is 0 Å². The molecule has 0 aromatic heterocycles. The van der Waals surface area contributed by atoms with E-state index in [-0.39, 0.29) is 5.91 Å². The fourth-order valence-corrected chi connectivity index (χ4v) is 3.64. The summed E-state index contributed by atoms with van der Waals surface area (Å²) in [5, 5.41) is 15.3. The molecule has 4 rings (SSSR count). The van der Waals surface area contributed by atoms with Gasteiger partial charge in [-0.25, -0.2) is 0 Å². The molecule has 1 unspecified atom stereocenters. The van der Waals surface area contributed by atoms with Crippen LogP contribution >= 0.6 is 0 Å². The Hall–Kier alpha value is -2.88. The molecule has 1 saturated heterocycles. The molecule has 0 aliphatic carbocycles. The fraction of sp³-hybridized carbons (Fsp3) is 0.333. The lowest BCUT2D eigenvalue weighted by Gasteiger charge is -2.34. The molecule has 2 heterocycles. The molecule has 1 fully saturated rings. The van der Waals surface area contributed by atoms with Crippen LogP contribution in [0.4, 0.5) is 11.4 Å².